The van der Waals surface area contributed by atoms with Crippen LogP contribution in [0.1, 0.15) is 43.7 Å². The van der Waals surface area contributed by atoms with Crippen LogP contribution in [0.2, 0.25) is 0 Å². The number of rotatable bonds is 3. The van der Waals surface area contributed by atoms with Gasteiger partial charge in [0.2, 0.25) is 0 Å². The molecule has 164 valence electrons. The number of aromatic nitrogens is 2. The number of aromatic hydroxyl groups is 1. The molecule has 0 spiro atoms. The van der Waals surface area contributed by atoms with Gasteiger partial charge in [-0.25, -0.2) is 4.68 Å². The molecule has 1 atom stereocenters. The van der Waals surface area contributed by atoms with E-state index in [-0.39, 0.29) is 22.5 Å². The molecule has 0 bridgehead atoms. The van der Waals surface area contributed by atoms with Crippen LogP contribution in [-0.4, -0.2) is 27.8 Å². The van der Waals surface area contributed by atoms with Crippen molar-refractivity contribution in [1.82, 2.24) is 9.78 Å². The van der Waals surface area contributed by atoms with E-state index in [0.717, 1.165) is 11.3 Å². The molecule has 5 rings (SSSR count). The van der Waals surface area contributed by atoms with Crippen LogP contribution < -0.4 is 15.6 Å². The van der Waals surface area contributed by atoms with Crippen LogP contribution in [0.25, 0.3) is 5.69 Å². The zero-order valence-corrected chi connectivity index (χ0v) is 18.2. The molecule has 0 fully saturated rings. The van der Waals surface area contributed by atoms with Gasteiger partial charge in [0.1, 0.15) is 5.82 Å². The lowest BCUT2D eigenvalue weighted by Crippen LogP contribution is -2.35. The van der Waals surface area contributed by atoms with E-state index in [0.29, 0.717) is 41.2 Å². The molecule has 0 amide bonds. The van der Waals surface area contributed by atoms with Crippen LogP contribution in [-0.2, 0) is 4.79 Å². The van der Waals surface area contributed by atoms with Crippen LogP contribution in [0.4, 0.5) is 5.82 Å². The van der Waals surface area contributed by atoms with Crippen molar-refractivity contribution >= 4 is 11.6 Å². The molecule has 0 saturated heterocycles. The fourth-order valence-electron chi connectivity index (χ4n) is 4.86. The number of hydrogen-bond donors (Lipinski definition) is 3. The van der Waals surface area contributed by atoms with Gasteiger partial charge in [0.15, 0.2) is 17.3 Å². The maximum absolute atomic E-state index is 13.6. The highest BCUT2D eigenvalue weighted by atomic mass is 16.5. The van der Waals surface area contributed by atoms with Gasteiger partial charge in [-0.3, -0.25) is 14.7 Å². The Kier molecular flexibility index (Phi) is 4.51. The van der Waals surface area contributed by atoms with Crippen LogP contribution in [0.15, 0.2) is 64.6 Å². The average Bonchev–Trinajstić information content (AvgIpc) is 3.08. The number of carbonyl (C=O) groups excluding carboxylic acids is 1. The monoisotopic (exact) mass is 431 g/mol. The number of allylic oxidation sites excluding steroid dienone is 2. The number of nitrogens with zero attached hydrogens (tertiary/aromatic N) is 1. The molecule has 3 aromatic rings. The highest BCUT2D eigenvalue weighted by molar-refractivity contribution is 6.01. The molecule has 0 saturated carbocycles. The largest absolute Gasteiger partial charge is 0.504 e. The summed E-state index contributed by atoms with van der Waals surface area (Å²) in [7, 11) is 1.48. The highest BCUT2D eigenvalue weighted by Gasteiger charge is 2.43. The van der Waals surface area contributed by atoms with E-state index in [9.17, 15) is 14.7 Å². The molecule has 7 nitrogen and oxygen atoms in total. The summed E-state index contributed by atoms with van der Waals surface area (Å²) in [5.74, 6) is 0.352. The number of para-hydroxylation sites is 1. The van der Waals surface area contributed by atoms with Gasteiger partial charge in [0.25, 0.3) is 5.56 Å². The minimum Gasteiger partial charge on any atom is -0.504 e. The van der Waals surface area contributed by atoms with E-state index >= 15 is 0 Å². The number of Topliss-reactive ketones (excluding diaryl/α,β-unsaturated/α-hetero) is 1. The molecule has 2 aromatic carbocycles. The fraction of sp³-hybridized carbons (Fsp3) is 0.280. The van der Waals surface area contributed by atoms with Gasteiger partial charge in [-0.05, 0) is 41.7 Å². The second-order valence-electron chi connectivity index (χ2n) is 9.20. The van der Waals surface area contributed by atoms with Crippen LogP contribution in [0.3, 0.4) is 0 Å². The first kappa shape index (κ1) is 20.2. The Morgan fingerprint density at radius 3 is 2.56 bits per heavy atom. The smallest absolute Gasteiger partial charge is 0.277 e. The number of methoxy groups -OCH3 is 1. The Balaban J connectivity index is 1.76. The Hall–Kier alpha value is -3.74. The molecule has 32 heavy (non-hydrogen) atoms. The Labute approximate surface area is 185 Å². The maximum Gasteiger partial charge on any atom is 0.277 e. The Bertz CT molecular complexity index is 1310. The number of phenolic OH excluding ortho intramolecular Hbond substituents is 1. The molecule has 1 aromatic heterocycles. The van der Waals surface area contributed by atoms with Gasteiger partial charge < -0.3 is 15.2 Å². The summed E-state index contributed by atoms with van der Waals surface area (Å²) in [6.45, 7) is 4.14. The van der Waals surface area contributed by atoms with Crippen molar-refractivity contribution < 1.29 is 14.6 Å². The quantitative estimate of drug-likeness (QED) is 0.581. The van der Waals surface area contributed by atoms with Crippen LogP contribution in [0, 0.1) is 5.41 Å². The topological polar surface area (TPSA) is 96.4 Å². The molecular formula is C25H25N3O4. The lowest BCUT2D eigenvalue weighted by Gasteiger charge is -2.37. The number of carbonyl (C=O) groups is 1. The maximum atomic E-state index is 13.6. The first-order valence-corrected chi connectivity index (χ1v) is 10.6. The second kappa shape index (κ2) is 7.15. The number of benzene rings is 2. The number of anilines is 1. The number of aromatic amines is 1. The molecule has 2 heterocycles. The van der Waals surface area contributed by atoms with E-state index in [2.05, 4.69) is 24.3 Å². The van der Waals surface area contributed by atoms with Crippen molar-refractivity contribution in [3.63, 3.8) is 0 Å². The third-order valence-electron chi connectivity index (χ3n) is 6.25. The van der Waals surface area contributed by atoms with Gasteiger partial charge in [-0.2, -0.15) is 0 Å². The molecule has 1 aliphatic carbocycles. The number of ether oxygens (including phenoxy) is 1. The summed E-state index contributed by atoms with van der Waals surface area (Å²) in [6, 6.07) is 14.3. The number of H-pyrrole nitrogens is 1. The predicted octanol–water partition coefficient (Wildman–Crippen LogP) is 4.08. The van der Waals surface area contributed by atoms with Gasteiger partial charge in [0, 0.05) is 23.6 Å². The fourth-order valence-corrected chi connectivity index (χ4v) is 4.86. The lowest BCUT2D eigenvalue weighted by molar-refractivity contribution is -0.118. The summed E-state index contributed by atoms with van der Waals surface area (Å²) < 4.78 is 6.80. The van der Waals surface area contributed by atoms with Crippen LogP contribution in [0.5, 0.6) is 11.5 Å². The van der Waals surface area contributed by atoms with E-state index in [1.807, 2.05) is 30.3 Å². The number of hydrogen-bond acceptors (Lipinski definition) is 5. The molecular weight excluding hydrogens is 406 g/mol. The van der Waals surface area contributed by atoms with E-state index in [1.54, 1.807) is 12.1 Å². The third kappa shape index (κ3) is 3.12. The lowest BCUT2D eigenvalue weighted by atomic mass is 9.69. The highest BCUT2D eigenvalue weighted by Crippen LogP contribution is 2.48. The van der Waals surface area contributed by atoms with Crippen molar-refractivity contribution in [2.45, 2.75) is 32.6 Å². The zero-order chi connectivity index (χ0) is 22.6. The van der Waals surface area contributed by atoms with Gasteiger partial charge >= 0.3 is 0 Å². The number of ketones is 1. The van der Waals surface area contributed by atoms with Crippen molar-refractivity contribution in [1.29, 1.82) is 0 Å². The normalized spacial score (nSPS) is 19.2. The van der Waals surface area contributed by atoms with E-state index in [1.165, 1.54) is 17.9 Å². The summed E-state index contributed by atoms with van der Waals surface area (Å²) in [4.78, 5) is 27.0. The average molecular weight is 431 g/mol. The van der Waals surface area contributed by atoms with Crippen molar-refractivity contribution in [2.24, 2.45) is 5.41 Å². The summed E-state index contributed by atoms with van der Waals surface area (Å²) >= 11 is 0. The molecule has 3 N–H and O–H groups in total. The summed E-state index contributed by atoms with van der Waals surface area (Å²) in [5, 5.41) is 16.7. The molecule has 1 unspecified atom stereocenters. The van der Waals surface area contributed by atoms with Crippen molar-refractivity contribution in [2.75, 3.05) is 12.4 Å². The standard InChI is InChI=1S/C25H25N3O4/c1-25(2)12-16-21(18(30)13-25)20(14-9-10-17(29)19(11-14)32-3)22-23(26-16)27-28(24(22)31)15-7-5-4-6-8-15/h4-11,20,26-27,29H,12-13H2,1-3H3. The summed E-state index contributed by atoms with van der Waals surface area (Å²) in [6.07, 6.45) is 1.10. The third-order valence-corrected chi connectivity index (χ3v) is 6.25. The van der Waals surface area contributed by atoms with Crippen LogP contribution >= 0.6 is 0 Å². The van der Waals surface area contributed by atoms with E-state index < -0.39 is 5.92 Å². The minimum absolute atomic E-state index is 0.00600. The molecule has 2 aliphatic rings. The van der Waals surface area contributed by atoms with E-state index in [4.69, 9.17) is 4.74 Å². The molecule has 7 heteroatoms. The Morgan fingerprint density at radius 2 is 1.84 bits per heavy atom. The first-order chi connectivity index (χ1) is 15.3. The van der Waals surface area contributed by atoms with Gasteiger partial charge in [-0.15, -0.1) is 0 Å². The first-order valence-electron chi connectivity index (χ1n) is 10.6. The molecule has 0 radical (unpaired) electrons. The number of nitrogens with one attached hydrogen (secondary N) is 2. The SMILES string of the molecule is COc1cc(C2C3=C(CC(C)(C)CC3=O)Nc3[nH]n(-c4ccccc4)c(=O)c32)ccc1O. The van der Waals surface area contributed by atoms with Gasteiger partial charge in [0.05, 0.1) is 18.4 Å². The predicted molar refractivity (Wildman–Crippen MR) is 122 cm³/mol. The number of fused-ring (bicyclic) bond motifs is 1. The molecule has 1 aliphatic heterocycles. The van der Waals surface area contributed by atoms with Crippen molar-refractivity contribution in [3.8, 4) is 17.2 Å². The second-order valence-corrected chi connectivity index (χ2v) is 9.20. The van der Waals surface area contributed by atoms with Crippen molar-refractivity contribution in [3.05, 3.63) is 81.3 Å². The number of phenols is 1. The summed E-state index contributed by atoms with van der Waals surface area (Å²) in [5.41, 5.74) is 2.95. The Morgan fingerprint density at radius 1 is 1.09 bits per heavy atom. The van der Waals surface area contributed by atoms with Gasteiger partial charge in [-0.1, -0.05) is 38.1 Å². The zero-order valence-electron chi connectivity index (χ0n) is 18.2. The minimum atomic E-state index is -0.562.